The van der Waals surface area contributed by atoms with E-state index in [4.69, 9.17) is 10.2 Å². The summed E-state index contributed by atoms with van der Waals surface area (Å²) >= 11 is 0. The standard InChI is InChI=1S/C4H6O6.Cr/c5-1(3(7)8)2(6)4(9)10;/h1-2,5-6H,(H,7,8)(H,9,10);/q;+2/p-2. The van der Waals surface area contributed by atoms with Crippen LogP contribution in [0, 0.1) is 0 Å². The van der Waals surface area contributed by atoms with E-state index in [9.17, 15) is 19.8 Å². The molecule has 0 bridgehead atoms. The van der Waals surface area contributed by atoms with Gasteiger partial charge in [0.25, 0.3) is 0 Å². The van der Waals surface area contributed by atoms with E-state index in [0.29, 0.717) is 0 Å². The molecule has 2 N–H and O–H groups in total. The van der Waals surface area contributed by atoms with Crippen molar-refractivity contribution in [1.29, 1.82) is 0 Å². The number of aliphatic carboxylic acids is 2. The Morgan fingerprint density at radius 2 is 1.18 bits per heavy atom. The SMILES string of the molecule is O=C([O-])C(O)C(O)C(=O)[O-].[Cr+2]. The fourth-order valence-corrected chi connectivity index (χ4v) is 0.258. The van der Waals surface area contributed by atoms with E-state index in [1.54, 1.807) is 0 Å². The predicted molar refractivity (Wildman–Crippen MR) is 22.0 cm³/mol. The summed E-state index contributed by atoms with van der Waals surface area (Å²) in [7, 11) is 0. The Morgan fingerprint density at radius 3 is 1.27 bits per heavy atom. The largest absolute Gasteiger partial charge is 2.00 e. The topological polar surface area (TPSA) is 121 Å². The second kappa shape index (κ2) is 5.10. The number of carbonyl (C=O) groups excluding carboxylic acids is 2. The van der Waals surface area contributed by atoms with Crippen molar-refractivity contribution in [2.75, 3.05) is 0 Å². The molecule has 0 aliphatic carbocycles. The number of hydrogen-bond donors (Lipinski definition) is 2. The molecule has 0 radical (unpaired) electrons. The summed E-state index contributed by atoms with van der Waals surface area (Å²) in [6.45, 7) is 0. The summed E-state index contributed by atoms with van der Waals surface area (Å²) < 4.78 is 0. The van der Waals surface area contributed by atoms with Crippen LogP contribution in [0.2, 0.25) is 0 Å². The van der Waals surface area contributed by atoms with Gasteiger partial charge in [-0.3, -0.25) is 0 Å². The van der Waals surface area contributed by atoms with Crippen LogP contribution >= 0.6 is 0 Å². The maximum absolute atomic E-state index is 9.63. The van der Waals surface area contributed by atoms with E-state index >= 15 is 0 Å². The number of hydrogen-bond acceptors (Lipinski definition) is 6. The second-order valence-electron chi connectivity index (χ2n) is 1.53. The minimum Gasteiger partial charge on any atom is -0.547 e. The molecule has 0 amide bonds. The van der Waals surface area contributed by atoms with Crippen LogP contribution < -0.4 is 10.2 Å². The molecule has 0 rings (SSSR count). The fraction of sp³-hybridized carbons (Fsp3) is 0.500. The molecule has 0 fully saturated rings. The zero-order chi connectivity index (χ0) is 8.31. The normalized spacial score (nSPS) is 14.4. The van der Waals surface area contributed by atoms with Gasteiger partial charge < -0.3 is 30.0 Å². The Bertz CT molecular complexity index is 139. The van der Waals surface area contributed by atoms with Crippen LogP contribution in [-0.2, 0) is 27.0 Å². The van der Waals surface area contributed by atoms with Crippen LogP contribution in [0.5, 0.6) is 0 Å². The molecule has 0 saturated carbocycles. The van der Waals surface area contributed by atoms with Crippen LogP contribution in [0.4, 0.5) is 0 Å². The molecule has 62 valence electrons. The zero-order valence-corrected chi connectivity index (χ0v) is 6.37. The van der Waals surface area contributed by atoms with Crippen molar-refractivity contribution >= 4 is 11.9 Å². The van der Waals surface area contributed by atoms with E-state index in [-0.39, 0.29) is 17.4 Å². The molecule has 2 unspecified atom stereocenters. The average Bonchev–Trinajstić information content (AvgIpc) is 1.84. The van der Waals surface area contributed by atoms with Crippen LogP contribution in [0.25, 0.3) is 0 Å². The monoisotopic (exact) mass is 200 g/mol. The molecule has 2 atom stereocenters. The van der Waals surface area contributed by atoms with E-state index in [1.807, 2.05) is 0 Å². The third-order valence-electron chi connectivity index (χ3n) is 0.782. The summed E-state index contributed by atoms with van der Waals surface area (Å²) in [5, 5.41) is 35.7. The molecule has 0 aromatic carbocycles. The zero-order valence-electron chi connectivity index (χ0n) is 5.09. The van der Waals surface area contributed by atoms with Crippen molar-refractivity contribution in [3.8, 4) is 0 Å². The van der Waals surface area contributed by atoms with Crippen molar-refractivity contribution in [3.05, 3.63) is 0 Å². The van der Waals surface area contributed by atoms with Crippen LogP contribution in [0.3, 0.4) is 0 Å². The fourth-order valence-electron chi connectivity index (χ4n) is 0.258. The first-order chi connectivity index (χ1) is 4.46. The number of carboxylic acid groups (broad SMARTS) is 2. The van der Waals surface area contributed by atoms with Crippen molar-refractivity contribution in [2.45, 2.75) is 12.2 Å². The second-order valence-corrected chi connectivity index (χ2v) is 1.53. The molecule has 0 saturated heterocycles. The smallest absolute Gasteiger partial charge is 0.547 e. The predicted octanol–water partition coefficient (Wildman–Crippen LogP) is -4.79. The molecule has 0 aliphatic rings. The van der Waals surface area contributed by atoms with E-state index < -0.39 is 24.1 Å². The molecule has 0 aromatic heterocycles. The molecule has 6 nitrogen and oxygen atoms in total. The van der Waals surface area contributed by atoms with E-state index in [2.05, 4.69) is 0 Å². The first-order valence-corrected chi connectivity index (χ1v) is 2.24. The number of carboxylic acids is 2. The van der Waals surface area contributed by atoms with Crippen molar-refractivity contribution in [3.63, 3.8) is 0 Å². The number of aliphatic hydroxyl groups excluding tert-OH is 2. The minimum atomic E-state index is -2.44. The molecule has 0 aliphatic heterocycles. The van der Waals surface area contributed by atoms with Gasteiger partial charge in [0.15, 0.2) is 0 Å². The van der Waals surface area contributed by atoms with Gasteiger partial charge >= 0.3 is 17.4 Å². The van der Waals surface area contributed by atoms with Crippen molar-refractivity contribution in [1.82, 2.24) is 0 Å². The van der Waals surface area contributed by atoms with Gasteiger partial charge in [-0.25, -0.2) is 0 Å². The third-order valence-corrected chi connectivity index (χ3v) is 0.782. The summed E-state index contributed by atoms with van der Waals surface area (Å²) in [6.07, 6.45) is -4.88. The van der Waals surface area contributed by atoms with Gasteiger partial charge in [0.05, 0.1) is 11.9 Å². The number of carbonyl (C=O) groups is 2. The summed E-state index contributed by atoms with van der Waals surface area (Å²) in [6, 6.07) is 0. The summed E-state index contributed by atoms with van der Waals surface area (Å²) in [4.78, 5) is 19.3. The number of rotatable bonds is 3. The minimum absolute atomic E-state index is 0. The molecule has 0 heterocycles. The summed E-state index contributed by atoms with van der Waals surface area (Å²) in [5.74, 6) is -4.12. The Hall–Kier alpha value is -0.608. The molecule has 7 heteroatoms. The molecular formula is C4H4CrO6. The van der Waals surface area contributed by atoms with Gasteiger partial charge in [0.2, 0.25) is 0 Å². The maximum Gasteiger partial charge on any atom is 2.00 e. The molecule has 11 heavy (non-hydrogen) atoms. The van der Waals surface area contributed by atoms with Gasteiger partial charge in [-0.1, -0.05) is 0 Å². The van der Waals surface area contributed by atoms with Crippen molar-refractivity contribution in [2.24, 2.45) is 0 Å². The Morgan fingerprint density at radius 1 is 1.00 bits per heavy atom. The van der Waals surface area contributed by atoms with Crippen LogP contribution in [0.1, 0.15) is 0 Å². The van der Waals surface area contributed by atoms with Crippen LogP contribution in [0.15, 0.2) is 0 Å². The van der Waals surface area contributed by atoms with Gasteiger partial charge in [-0.2, -0.15) is 0 Å². The molecular weight excluding hydrogens is 196 g/mol. The van der Waals surface area contributed by atoms with Crippen LogP contribution in [-0.4, -0.2) is 34.4 Å². The van der Waals surface area contributed by atoms with Crippen molar-refractivity contribution < 1.29 is 47.4 Å². The summed E-state index contributed by atoms with van der Waals surface area (Å²) in [5.41, 5.74) is 0. The average molecular weight is 200 g/mol. The Balaban J connectivity index is 0. The van der Waals surface area contributed by atoms with E-state index in [0.717, 1.165) is 0 Å². The Kier molecular flexibility index (Phi) is 6.03. The molecule has 0 spiro atoms. The quantitative estimate of drug-likeness (QED) is 0.471. The number of aliphatic hydroxyl groups is 2. The van der Waals surface area contributed by atoms with Gasteiger partial charge in [0.1, 0.15) is 12.2 Å². The van der Waals surface area contributed by atoms with E-state index in [1.165, 1.54) is 0 Å². The van der Waals surface area contributed by atoms with Gasteiger partial charge in [-0.05, 0) is 0 Å². The molecule has 0 aromatic rings. The maximum atomic E-state index is 9.63. The first-order valence-electron chi connectivity index (χ1n) is 2.24. The van der Waals surface area contributed by atoms with Gasteiger partial charge in [0, 0.05) is 0 Å². The van der Waals surface area contributed by atoms with Gasteiger partial charge in [-0.15, -0.1) is 0 Å². The Labute approximate surface area is 72.2 Å². The first kappa shape index (κ1) is 13.0. The third kappa shape index (κ3) is 3.95.